The number of rotatable bonds is 3. The summed E-state index contributed by atoms with van der Waals surface area (Å²) in [5.74, 6) is -2.51. The van der Waals surface area contributed by atoms with Gasteiger partial charge in [-0.25, -0.2) is 9.59 Å². The molecule has 2 atom stereocenters. The molecule has 0 radical (unpaired) electrons. The lowest BCUT2D eigenvalue weighted by molar-refractivity contribution is -0.192. The van der Waals surface area contributed by atoms with E-state index >= 15 is 0 Å². The lowest BCUT2D eigenvalue weighted by Crippen LogP contribution is -2.44. The highest BCUT2D eigenvalue weighted by Gasteiger charge is 2.38. The van der Waals surface area contributed by atoms with E-state index in [0.29, 0.717) is 12.2 Å². The zero-order valence-corrected chi connectivity index (χ0v) is 20.1. The zero-order chi connectivity index (χ0) is 26.7. The first-order valence-electron chi connectivity index (χ1n) is 10.9. The minimum Gasteiger partial charge on any atom is -0.507 e. The number of aromatic hydroxyl groups is 1. The molecule has 0 amide bonds. The molecule has 2 heterocycles. The van der Waals surface area contributed by atoms with Gasteiger partial charge < -0.3 is 14.9 Å². The van der Waals surface area contributed by atoms with Crippen LogP contribution in [0.25, 0.3) is 5.69 Å². The highest BCUT2D eigenvalue weighted by atomic mass is 19.4. The van der Waals surface area contributed by atoms with Crippen molar-refractivity contribution in [2.45, 2.75) is 65.0 Å². The Kier molecular flexibility index (Phi) is 8.56. The lowest BCUT2D eigenvalue weighted by atomic mass is 9.84. The molecule has 1 aromatic carbocycles. The molecule has 0 saturated carbocycles. The number of aliphatic carboxylic acids is 1. The number of nitrogens with one attached hydrogen (secondary N) is 1. The van der Waals surface area contributed by atoms with E-state index in [1.807, 2.05) is 46.8 Å². The summed E-state index contributed by atoms with van der Waals surface area (Å²) in [7, 11) is 0. The van der Waals surface area contributed by atoms with Crippen LogP contribution in [-0.2, 0) is 21.5 Å². The van der Waals surface area contributed by atoms with Crippen molar-refractivity contribution in [2.24, 2.45) is 0 Å². The Bertz CT molecular complexity index is 1160. The number of carboxylic acid groups (broad SMARTS) is 1. The zero-order valence-electron chi connectivity index (χ0n) is 20.1. The van der Waals surface area contributed by atoms with Crippen LogP contribution in [0.1, 0.15) is 45.7 Å². The molecule has 9 nitrogen and oxygen atoms in total. The molecule has 3 N–H and O–H groups in total. The first-order chi connectivity index (χ1) is 16.0. The molecule has 0 spiro atoms. The Labute approximate surface area is 199 Å². The molecular weight excluding hydrogens is 471 g/mol. The van der Waals surface area contributed by atoms with Gasteiger partial charge in [-0.15, -0.1) is 0 Å². The number of H-pyrrole nitrogens is 1. The van der Waals surface area contributed by atoms with E-state index in [1.165, 1.54) is 16.8 Å². The van der Waals surface area contributed by atoms with Gasteiger partial charge in [-0.3, -0.25) is 19.2 Å². The van der Waals surface area contributed by atoms with Crippen molar-refractivity contribution in [2.75, 3.05) is 13.1 Å². The van der Waals surface area contributed by atoms with Gasteiger partial charge >= 0.3 is 17.8 Å². The third-order valence-corrected chi connectivity index (χ3v) is 5.22. The maximum atomic E-state index is 12.3. The van der Waals surface area contributed by atoms with Crippen LogP contribution >= 0.6 is 0 Å². The van der Waals surface area contributed by atoms with Gasteiger partial charge in [-0.2, -0.15) is 13.2 Å². The minimum absolute atomic E-state index is 0.123. The SMILES string of the molecule is CC1CN(Cc2cc(-n3ccc(=O)[nH]c3=O)cc(C(C)(C)C)c2O)CC(C)O1.O=C(O)C(F)(F)F. The molecule has 1 saturated heterocycles. The van der Waals surface area contributed by atoms with Crippen LogP contribution in [0.2, 0.25) is 0 Å². The average Bonchev–Trinajstić information content (AvgIpc) is 2.68. The van der Waals surface area contributed by atoms with Crippen LogP contribution in [-0.4, -0.2) is 62.1 Å². The summed E-state index contributed by atoms with van der Waals surface area (Å²) in [5, 5.41) is 18.1. The molecule has 35 heavy (non-hydrogen) atoms. The molecule has 1 aromatic heterocycles. The number of hydrogen-bond donors (Lipinski definition) is 3. The van der Waals surface area contributed by atoms with Crippen LogP contribution in [0.3, 0.4) is 0 Å². The number of halogens is 3. The molecule has 0 bridgehead atoms. The first-order valence-corrected chi connectivity index (χ1v) is 10.9. The van der Waals surface area contributed by atoms with E-state index in [4.69, 9.17) is 14.6 Å². The number of carbonyl (C=O) groups is 1. The molecule has 2 aromatic rings. The van der Waals surface area contributed by atoms with Crippen molar-refractivity contribution in [3.8, 4) is 11.4 Å². The van der Waals surface area contributed by atoms with Crippen molar-refractivity contribution in [1.82, 2.24) is 14.5 Å². The number of carboxylic acids is 1. The van der Waals surface area contributed by atoms with E-state index in [9.17, 15) is 27.9 Å². The summed E-state index contributed by atoms with van der Waals surface area (Å²) in [6.45, 7) is 12.2. The van der Waals surface area contributed by atoms with Crippen molar-refractivity contribution in [1.29, 1.82) is 0 Å². The number of ether oxygens (including phenoxy) is 1. The Morgan fingerprint density at radius 1 is 1.14 bits per heavy atom. The van der Waals surface area contributed by atoms with E-state index in [-0.39, 0.29) is 23.4 Å². The highest BCUT2D eigenvalue weighted by Crippen LogP contribution is 2.36. The fraction of sp³-hybridized carbons (Fsp3) is 0.522. The Morgan fingerprint density at radius 3 is 2.14 bits per heavy atom. The van der Waals surface area contributed by atoms with Crippen LogP contribution in [0.5, 0.6) is 5.75 Å². The fourth-order valence-electron chi connectivity index (χ4n) is 3.78. The molecule has 2 unspecified atom stereocenters. The van der Waals surface area contributed by atoms with E-state index < -0.39 is 23.4 Å². The van der Waals surface area contributed by atoms with Gasteiger partial charge in [0, 0.05) is 43.0 Å². The Morgan fingerprint density at radius 2 is 1.69 bits per heavy atom. The number of phenolic OH excluding ortho intramolecular Hbond substituents is 1. The second-order valence-electron chi connectivity index (χ2n) is 9.49. The van der Waals surface area contributed by atoms with Gasteiger partial charge in [-0.1, -0.05) is 20.8 Å². The van der Waals surface area contributed by atoms with Gasteiger partial charge in [0.05, 0.1) is 17.9 Å². The molecule has 1 aliphatic rings. The number of aromatic amines is 1. The molecule has 0 aliphatic carbocycles. The number of nitrogens with zero attached hydrogens (tertiary/aromatic N) is 2. The number of morpholine rings is 1. The largest absolute Gasteiger partial charge is 0.507 e. The summed E-state index contributed by atoms with van der Waals surface area (Å²) < 4.78 is 38.9. The standard InChI is InChI=1S/C21H29N3O4.C2HF3O2/c1-13-10-23(11-14(2)28-13)12-15-8-16(9-17(19(15)26)21(3,4)5)24-7-6-18(25)22-20(24)27;3-2(4,5)1(6)7/h6-9,13-14,26H,10-12H2,1-5H3,(H,22,25,27);(H,6,7). The smallest absolute Gasteiger partial charge is 0.490 e. The third-order valence-electron chi connectivity index (χ3n) is 5.22. The monoisotopic (exact) mass is 501 g/mol. The van der Waals surface area contributed by atoms with Crippen LogP contribution < -0.4 is 11.2 Å². The van der Waals surface area contributed by atoms with Crippen molar-refractivity contribution >= 4 is 5.97 Å². The predicted octanol–water partition coefficient (Wildman–Crippen LogP) is 2.77. The summed E-state index contributed by atoms with van der Waals surface area (Å²) in [6.07, 6.45) is -3.38. The third kappa shape index (κ3) is 7.69. The summed E-state index contributed by atoms with van der Waals surface area (Å²) in [5.41, 5.74) is 0.875. The maximum Gasteiger partial charge on any atom is 0.490 e. The Balaban J connectivity index is 0.000000540. The molecule has 194 valence electrons. The molecule has 3 rings (SSSR count). The summed E-state index contributed by atoms with van der Waals surface area (Å²) >= 11 is 0. The molecule has 1 fully saturated rings. The molecule has 1 aliphatic heterocycles. The average molecular weight is 502 g/mol. The molecular formula is C23H30F3N3O6. The normalized spacial score (nSPS) is 19.1. The van der Waals surface area contributed by atoms with Crippen molar-refractivity contribution < 1.29 is 32.9 Å². The Hall–Kier alpha value is -3.12. The second kappa shape index (κ2) is 10.6. The van der Waals surface area contributed by atoms with Gasteiger partial charge in [0.25, 0.3) is 5.56 Å². The number of benzene rings is 1. The van der Waals surface area contributed by atoms with Crippen LogP contribution in [0.15, 0.2) is 34.0 Å². The van der Waals surface area contributed by atoms with E-state index in [0.717, 1.165) is 24.2 Å². The van der Waals surface area contributed by atoms with E-state index in [2.05, 4.69) is 9.88 Å². The second-order valence-corrected chi connectivity index (χ2v) is 9.49. The predicted molar refractivity (Wildman–Crippen MR) is 122 cm³/mol. The number of hydrogen-bond acceptors (Lipinski definition) is 6. The van der Waals surface area contributed by atoms with Crippen LogP contribution in [0.4, 0.5) is 13.2 Å². The maximum absolute atomic E-state index is 12.3. The van der Waals surface area contributed by atoms with Gasteiger partial charge in [0.2, 0.25) is 0 Å². The summed E-state index contributed by atoms with van der Waals surface area (Å²) in [4.78, 5) is 37.1. The topological polar surface area (TPSA) is 125 Å². The van der Waals surface area contributed by atoms with Crippen molar-refractivity contribution in [3.05, 3.63) is 56.4 Å². The fourth-order valence-corrected chi connectivity index (χ4v) is 3.78. The number of aromatic nitrogens is 2. The number of alkyl halides is 3. The van der Waals surface area contributed by atoms with Gasteiger partial charge in [0.15, 0.2) is 0 Å². The van der Waals surface area contributed by atoms with Crippen LogP contribution in [0, 0.1) is 0 Å². The molecule has 12 heteroatoms. The van der Waals surface area contributed by atoms with Gasteiger partial charge in [-0.05, 0) is 31.4 Å². The highest BCUT2D eigenvalue weighted by molar-refractivity contribution is 5.73. The minimum atomic E-state index is -5.08. The van der Waals surface area contributed by atoms with Crippen molar-refractivity contribution in [3.63, 3.8) is 0 Å². The lowest BCUT2D eigenvalue weighted by Gasteiger charge is -2.35. The number of phenols is 1. The quantitative estimate of drug-likeness (QED) is 0.591. The first kappa shape index (κ1) is 28.1. The van der Waals surface area contributed by atoms with Gasteiger partial charge in [0.1, 0.15) is 5.75 Å². The summed E-state index contributed by atoms with van der Waals surface area (Å²) in [6, 6.07) is 4.94. The van der Waals surface area contributed by atoms with E-state index in [1.54, 1.807) is 0 Å².